The molecule has 3 aliphatic rings. The number of hydrogen-bond acceptors (Lipinski definition) is 2. The van der Waals surface area contributed by atoms with Crippen molar-refractivity contribution in [2.45, 2.75) is 32.1 Å². The molecule has 2 aliphatic carbocycles. The van der Waals surface area contributed by atoms with Crippen LogP contribution >= 0.6 is 11.8 Å². The molecule has 0 radical (unpaired) electrons. The van der Waals surface area contributed by atoms with E-state index in [9.17, 15) is 4.79 Å². The van der Waals surface area contributed by atoms with Crippen molar-refractivity contribution in [2.75, 3.05) is 24.6 Å². The predicted octanol–water partition coefficient (Wildman–Crippen LogP) is 2.39. The van der Waals surface area contributed by atoms with Crippen molar-refractivity contribution in [3.63, 3.8) is 0 Å². The van der Waals surface area contributed by atoms with Gasteiger partial charge >= 0.3 is 0 Å². The third kappa shape index (κ3) is 2.11. The van der Waals surface area contributed by atoms with Gasteiger partial charge in [-0.1, -0.05) is 6.42 Å². The molecule has 1 saturated heterocycles. The first-order chi connectivity index (χ1) is 7.83. The number of carbonyl (C=O) groups excluding carboxylic acids is 1. The zero-order chi connectivity index (χ0) is 11.0. The van der Waals surface area contributed by atoms with E-state index >= 15 is 0 Å². The summed E-state index contributed by atoms with van der Waals surface area (Å²) in [7, 11) is 0. The van der Waals surface area contributed by atoms with Gasteiger partial charge in [0.1, 0.15) is 0 Å². The van der Waals surface area contributed by atoms with Gasteiger partial charge in [0.2, 0.25) is 5.91 Å². The van der Waals surface area contributed by atoms with Crippen LogP contribution < -0.4 is 0 Å². The summed E-state index contributed by atoms with van der Waals surface area (Å²) in [4.78, 5) is 14.2. The second kappa shape index (κ2) is 4.59. The van der Waals surface area contributed by atoms with Crippen LogP contribution in [0.4, 0.5) is 0 Å². The summed E-state index contributed by atoms with van der Waals surface area (Å²) >= 11 is 1.98. The molecule has 90 valence electrons. The largest absolute Gasteiger partial charge is 0.341 e. The number of amides is 1. The Kier molecular flexibility index (Phi) is 3.14. The first-order valence-corrected chi connectivity index (χ1v) is 7.84. The Morgan fingerprint density at radius 1 is 1.19 bits per heavy atom. The van der Waals surface area contributed by atoms with Crippen LogP contribution in [0.25, 0.3) is 0 Å². The van der Waals surface area contributed by atoms with Crippen LogP contribution in [0.3, 0.4) is 0 Å². The minimum absolute atomic E-state index is 0.442. The van der Waals surface area contributed by atoms with E-state index in [1.807, 2.05) is 11.8 Å². The van der Waals surface area contributed by atoms with E-state index in [1.165, 1.54) is 25.7 Å². The lowest BCUT2D eigenvalue weighted by atomic mass is 9.86. The van der Waals surface area contributed by atoms with Gasteiger partial charge in [-0.2, -0.15) is 11.8 Å². The molecule has 0 aromatic rings. The van der Waals surface area contributed by atoms with Crippen LogP contribution in [0, 0.1) is 17.8 Å². The van der Waals surface area contributed by atoms with Gasteiger partial charge in [0.05, 0.1) is 0 Å². The maximum Gasteiger partial charge on any atom is 0.222 e. The second-order valence-electron chi connectivity index (χ2n) is 5.63. The normalized spacial score (nSPS) is 38.0. The number of rotatable bonds is 2. The number of fused-ring (bicyclic) bond motifs is 2. The van der Waals surface area contributed by atoms with Crippen molar-refractivity contribution in [3.05, 3.63) is 0 Å². The molecule has 3 atom stereocenters. The molecule has 0 N–H and O–H groups in total. The highest BCUT2D eigenvalue weighted by molar-refractivity contribution is 7.99. The van der Waals surface area contributed by atoms with Crippen molar-refractivity contribution >= 4 is 17.7 Å². The molecule has 1 heterocycles. The van der Waals surface area contributed by atoms with Gasteiger partial charge in [-0.05, 0) is 37.0 Å². The number of carbonyl (C=O) groups is 1. The summed E-state index contributed by atoms with van der Waals surface area (Å²) in [6.07, 6.45) is 6.47. The number of nitrogens with zero attached hydrogens (tertiary/aromatic N) is 1. The molecule has 2 saturated carbocycles. The van der Waals surface area contributed by atoms with Gasteiger partial charge in [0.25, 0.3) is 0 Å². The molecule has 2 nitrogen and oxygen atoms in total. The van der Waals surface area contributed by atoms with Gasteiger partial charge in [-0.3, -0.25) is 4.79 Å². The minimum Gasteiger partial charge on any atom is -0.341 e. The monoisotopic (exact) mass is 239 g/mol. The van der Waals surface area contributed by atoms with Gasteiger partial charge in [-0.15, -0.1) is 0 Å². The first-order valence-electron chi connectivity index (χ1n) is 6.68. The van der Waals surface area contributed by atoms with Crippen molar-refractivity contribution < 1.29 is 4.79 Å². The maximum absolute atomic E-state index is 12.1. The minimum atomic E-state index is 0.442. The Morgan fingerprint density at radius 2 is 2.00 bits per heavy atom. The van der Waals surface area contributed by atoms with Gasteiger partial charge in [0, 0.05) is 31.0 Å². The summed E-state index contributed by atoms with van der Waals surface area (Å²) in [5, 5.41) is 0. The fourth-order valence-corrected chi connectivity index (χ4v) is 4.70. The van der Waals surface area contributed by atoms with E-state index in [1.54, 1.807) is 0 Å². The molecule has 0 unspecified atom stereocenters. The van der Waals surface area contributed by atoms with Crippen molar-refractivity contribution in [3.8, 4) is 0 Å². The predicted molar refractivity (Wildman–Crippen MR) is 67.5 cm³/mol. The zero-order valence-corrected chi connectivity index (χ0v) is 10.7. The van der Waals surface area contributed by atoms with Gasteiger partial charge in [-0.25, -0.2) is 0 Å². The van der Waals surface area contributed by atoms with E-state index < -0.39 is 0 Å². The van der Waals surface area contributed by atoms with Crippen LogP contribution in [0.2, 0.25) is 0 Å². The molecule has 16 heavy (non-hydrogen) atoms. The molecule has 1 aliphatic heterocycles. The van der Waals surface area contributed by atoms with Crippen LogP contribution in [-0.2, 0) is 4.79 Å². The molecule has 3 fully saturated rings. The van der Waals surface area contributed by atoms with E-state index in [0.717, 1.165) is 48.8 Å². The summed E-state index contributed by atoms with van der Waals surface area (Å²) in [6, 6.07) is 0. The topological polar surface area (TPSA) is 20.3 Å². The van der Waals surface area contributed by atoms with Crippen molar-refractivity contribution in [1.29, 1.82) is 0 Å². The summed E-state index contributed by atoms with van der Waals surface area (Å²) < 4.78 is 0. The van der Waals surface area contributed by atoms with E-state index in [-0.39, 0.29) is 0 Å². The Hall–Kier alpha value is -0.180. The second-order valence-corrected chi connectivity index (χ2v) is 6.86. The van der Waals surface area contributed by atoms with Crippen molar-refractivity contribution in [2.24, 2.45) is 17.8 Å². The quantitative estimate of drug-likeness (QED) is 0.737. The van der Waals surface area contributed by atoms with E-state index in [4.69, 9.17) is 0 Å². The average molecular weight is 239 g/mol. The Bertz CT molecular complexity index is 275. The SMILES string of the molecule is O=C(C[C@@H]1C[C@H]2CC[C@H]1C2)N1CCSCC1. The Labute approximate surface area is 102 Å². The summed E-state index contributed by atoms with van der Waals surface area (Å²) in [5.41, 5.74) is 0. The first kappa shape index (κ1) is 10.9. The molecular weight excluding hydrogens is 218 g/mol. The molecule has 0 aromatic carbocycles. The lowest BCUT2D eigenvalue weighted by Crippen LogP contribution is -2.39. The highest BCUT2D eigenvalue weighted by Gasteiger charge is 2.40. The standard InChI is InChI=1S/C13H21NOS/c15-13(14-3-5-16-6-4-14)9-12-8-10-1-2-11(12)7-10/h10-12H,1-9H2/t10-,11-,12-/m0/s1. The molecule has 1 amide bonds. The highest BCUT2D eigenvalue weighted by Crippen LogP contribution is 2.49. The van der Waals surface area contributed by atoms with E-state index in [2.05, 4.69) is 4.90 Å². The van der Waals surface area contributed by atoms with E-state index in [0.29, 0.717) is 5.91 Å². The maximum atomic E-state index is 12.1. The Balaban J connectivity index is 1.52. The number of thioether (sulfide) groups is 1. The van der Waals surface area contributed by atoms with Crippen LogP contribution in [0.1, 0.15) is 32.1 Å². The van der Waals surface area contributed by atoms with Gasteiger partial charge < -0.3 is 4.90 Å². The fourth-order valence-electron chi connectivity index (χ4n) is 3.79. The third-order valence-electron chi connectivity index (χ3n) is 4.69. The van der Waals surface area contributed by atoms with Gasteiger partial charge in [0.15, 0.2) is 0 Å². The average Bonchev–Trinajstić information content (AvgIpc) is 2.92. The molecule has 3 rings (SSSR count). The number of hydrogen-bond donors (Lipinski definition) is 0. The van der Waals surface area contributed by atoms with Crippen LogP contribution in [0.15, 0.2) is 0 Å². The summed E-state index contributed by atoms with van der Waals surface area (Å²) in [6.45, 7) is 1.98. The van der Waals surface area contributed by atoms with Crippen molar-refractivity contribution in [1.82, 2.24) is 4.90 Å². The lowest BCUT2D eigenvalue weighted by molar-refractivity contribution is -0.132. The lowest BCUT2D eigenvalue weighted by Gasteiger charge is -2.29. The molecule has 2 bridgehead atoms. The third-order valence-corrected chi connectivity index (χ3v) is 5.63. The molecule has 3 heteroatoms. The molecule has 0 aromatic heterocycles. The fraction of sp³-hybridized carbons (Fsp3) is 0.923. The summed E-state index contributed by atoms with van der Waals surface area (Å²) in [5.74, 6) is 5.33. The zero-order valence-electron chi connectivity index (χ0n) is 9.86. The van der Waals surface area contributed by atoms with Crippen LogP contribution in [-0.4, -0.2) is 35.4 Å². The highest BCUT2D eigenvalue weighted by atomic mass is 32.2. The molecular formula is C13H21NOS. The van der Waals surface area contributed by atoms with Crippen LogP contribution in [0.5, 0.6) is 0 Å². The smallest absolute Gasteiger partial charge is 0.222 e. The Morgan fingerprint density at radius 3 is 2.62 bits per heavy atom. The molecule has 0 spiro atoms.